The van der Waals surface area contributed by atoms with Crippen LogP contribution in [0.2, 0.25) is 0 Å². The van der Waals surface area contributed by atoms with E-state index in [1.807, 2.05) is 0 Å². The number of pyridine rings is 1. The highest BCUT2D eigenvalue weighted by molar-refractivity contribution is 5.09. The Morgan fingerprint density at radius 2 is 2.33 bits per heavy atom. The third-order valence-corrected chi connectivity index (χ3v) is 3.20. The van der Waals surface area contributed by atoms with Gasteiger partial charge in [0.2, 0.25) is 0 Å². The van der Waals surface area contributed by atoms with E-state index in [2.05, 4.69) is 17.2 Å². The number of rotatable bonds is 8. The van der Waals surface area contributed by atoms with Crippen molar-refractivity contribution in [3.8, 4) is 0 Å². The van der Waals surface area contributed by atoms with Gasteiger partial charge in [-0.15, -0.1) is 0 Å². The standard InChI is InChI=1S/C14H21FN2O/c1-2-13(14-6-5-12(15)9-17-14)16-7-8-18-10-11-3-4-11/h5-6,9,11,13,16H,2-4,7-8,10H2,1H3. The molecule has 0 aliphatic heterocycles. The van der Waals surface area contributed by atoms with Crippen molar-refractivity contribution >= 4 is 0 Å². The molecule has 1 atom stereocenters. The Kier molecular flexibility index (Phi) is 5.08. The number of ether oxygens (including phenoxy) is 1. The number of aromatic nitrogens is 1. The second kappa shape index (κ2) is 6.81. The minimum atomic E-state index is -0.290. The van der Waals surface area contributed by atoms with E-state index in [-0.39, 0.29) is 11.9 Å². The number of hydrogen-bond acceptors (Lipinski definition) is 3. The molecule has 0 bridgehead atoms. The van der Waals surface area contributed by atoms with E-state index in [0.717, 1.165) is 37.8 Å². The van der Waals surface area contributed by atoms with Crippen LogP contribution in [0, 0.1) is 11.7 Å². The fourth-order valence-corrected chi connectivity index (χ4v) is 1.89. The lowest BCUT2D eigenvalue weighted by atomic mass is 10.1. The molecule has 1 aromatic rings. The van der Waals surface area contributed by atoms with Crippen molar-refractivity contribution in [2.75, 3.05) is 19.8 Å². The highest BCUT2D eigenvalue weighted by atomic mass is 19.1. The van der Waals surface area contributed by atoms with Crippen LogP contribution in [0.3, 0.4) is 0 Å². The van der Waals surface area contributed by atoms with Crippen LogP contribution in [0.15, 0.2) is 18.3 Å². The van der Waals surface area contributed by atoms with Crippen LogP contribution in [0.25, 0.3) is 0 Å². The molecule has 1 aliphatic rings. The fourth-order valence-electron chi connectivity index (χ4n) is 1.89. The van der Waals surface area contributed by atoms with Gasteiger partial charge in [0.1, 0.15) is 5.82 Å². The van der Waals surface area contributed by atoms with Gasteiger partial charge in [0.15, 0.2) is 0 Å². The summed E-state index contributed by atoms with van der Waals surface area (Å²) in [6.45, 7) is 4.53. The van der Waals surface area contributed by atoms with Crippen molar-refractivity contribution in [1.82, 2.24) is 10.3 Å². The molecule has 18 heavy (non-hydrogen) atoms. The molecule has 1 heterocycles. The topological polar surface area (TPSA) is 34.1 Å². The molecule has 1 fully saturated rings. The van der Waals surface area contributed by atoms with Crippen molar-refractivity contribution < 1.29 is 9.13 Å². The molecule has 1 N–H and O–H groups in total. The summed E-state index contributed by atoms with van der Waals surface area (Å²) in [6, 6.07) is 3.37. The third-order valence-electron chi connectivity index (χ3n) is 3.20. The summed E-state index contributed by atoms with van der Waals surface area (Å²) in [4.78, 5) is 4.11. The molecule has 0 spiro atoms. The molecule has 1 unspecified atom stereocenters. The summed E-state index contributed by atoms with van der Waals surface area (Å²) in [5.41, 5.74) is 0.890. The zero-order valence-electron chi connectivity index (χ0n) is 10.9. The molecule has 4 heteroatoms. The SMILES string of the molecule is CCC(NCCOCC1CC1)c1ccc(F)cn1. The maximum absolute atomic E-state index is 12.8. The Balaban J connectivity index is 1.68. The normalized spacial score (nSPS) is 16.8. The first-order valence-electron chi connectivity index (χ1n) is 6.72. The highest BCUT2D eigenvalue weighted by Crippen LogP contribution is 2.28. The van der Waals surface area contributed by atoms with E-state index >= 15 is 0 Å². The van der Waals surface area contributed by atoms with Crippen molar-refractivity contribution in [2.24, 2.45) is 5.92 Å². The Morgan fingerprint density at radius 1 is 1.50 bits per heavy atom. The number of halogens is 1. The van der Waals surface area contributed by atoms with Crippen molar-refractivity contribution in [2.45, 2.75) is 32.2 Å². The molecule has 0 saturated heterocycles. The first-order chi connectivity index (χ1) is 8.79. The smallest absolute Gasteiger partial charge is 0.141 e. The number of nitrogens with one attached hydrogen (secondary N) is 1. The van der Waals surface area contributed by atoms with Gasteiger partial charge in [-0.25, -0.2) is 4.39 Å². The molecule has 100 valence electrons. The lowest BCUT2D eigenvalue weighted by Crippen LogP contribution is -2.25. The fraction of sp³-hybridized carbons (Fsp3) is 0.643. The second-order valence-electron chi connectivity index (χ2n) is 4.83. The first kappa shape index (κ1) is 13.4. The molecule has 0 aromatic carbocycles. The van der Waals surface area contributed by atoms with Gasteiger partial charge >= 0.3 is 0 Å². The van der Waals surface area contributed by atoms with E-state index in [4.69, 9.17) is 4.74 Å². The van der Waals surface area contributed by atoms with Crippen LogP contribution in [0.5, 0.6) is 0 Å². The monoisotopic (exact) mass is 252 g/mol. The molecule has 1 aliphatic carbocycles. The number of hydrogen-bond donors (Lipinski definition) is 1. The molecule has 0 amide bonds. The van der Waals surface area contributed by atoms with E-state index in [1.165, 1.54) is 25.1 Å². The molecule has 3 nitrogen and oxygen atoms in total. The number of nitrogens with zero attached hydrogens (tertiary/aromatic N) is 1. The first-order valence-corrected chi connectivity index (χ1v) is 6.72. The quantitative estimate of drug-likeness (QED) is 0.722. The Labute approximate surface area is 108 Å². The van der Waals surface area contributed by atoms with Crippen LogP contribution in [-0.2, 0) is 4.74 Å². The van der Waals surface area contributed by atoms with Crippen molar-refractivity contribution in [3.05, 3.63) is 29.8 Å². The zero-order chi connectivity index (χ0) is 12.8. The largest absolute Gasteiger partial charge is 0.380 e. The van der Waals surface area contributed by atoms with Crippen LogP contribution < -0.4 is 5.32 Å². The molecule has 1 saturated carbocycles. The van der Waals surface area contributed by atoms with E-state index in [1.54, 1.807) is 6.07 Å². The minimum absolute atomic E-state index is 0.176. The highest BCUT2D eigenvalue weighted by Gasteiger charge is 2.20. The van der Waals surface area contributed by atoms with Gasteiger partial charge in [-0.1, -0.05) is 6.92 Å². The average molecular weight is 252 g/mol. The third kappa shape index (κ3) is 4.35. The summed E-state index contributed by atoms with van der Waals surface area (Å²) >= 11 is 0. The van der Waals surface area contributed by atoms with Gasteiger partial charge < -0.3 is 10.1 Å². The lowest BCUT2D eigenvalue weighted by molar-refractivity contribution is 0.124. The molecule has 2 rings (SSSR count). The van der Waals surface area contributed by atoms with Crippen LogP contribution in [0.4, 0.5) is 4.39 Å². The summed E-state index contributed by atoms with van der Waals surface area (Å²) in [7, 11) is 0. The summed E-state index contributed by atoms with van der Waals surface area (Å²) in [5.74, 6) is 0.520. The summed E-state index contributed by atoms with van der Waals surface area (Å²) < 4.78 is 18.3. The molecule has 0 radical (unpaired) electrons. The van der Waals surface area contributed by atoms with Gasteiger partial charge in [0.25, 0.3) is 0 Å². The molecular formula is C14H21FN2O. The van der Waals surface area contributed by atoms with Gasteiger partial charge in [0.05, 0.1) is 18.5 Å². The maximum Gasteiger partial charge on any atom is 0.141 e. The molecular weight excluding hydrogens is 231 g/mol. The van der Waals surface area contributed by atoms with E-state index < -0.39 is 0 Å². The van der Waals surface area contributed by atoms with Crippen molar-refractivity contribution in [3.63, 3.8) is 0 Å². The van der Waals surface area contributed by atoms with E-state index in [9.17, 15) is 4.39 Å². The Hall–Kier alpha value is -1.00. The predicted octanol–water partition coefficient (Wildman–Crippen LogP) is 2.69. The lowest BCUT2D eigenvalue weighted by Gasteiger charge is -2.16. The Morgan fingerprint density at radius 3 is 2.94 bits per heavy atom. The van der Waals surface area contributed by atoms with Gasteiger partial charge in [-0.05, 0) is 37.3 Å². The average Bonchev–Trinajstić information content (AvgIpc) is 3.19. The maximum atomic E-state index is 12.8. The molecule has 1 aromatic heterocycles. The Bertz CT molecular complexity index is 351. The minimum Gasteiger partial charge on any atom is -0.380 e. The van der Waals surface area contributed by atoms with Crippen LogP contribution in [-0.4, -0.2) is 24.7 Å². The van der Waals surface area contributed by atoms with Crippen LogP contribution >= 0.6 is 0 Å². The van der Waals surface area contributed by atoms with Gasteiger partial charge in [-0.3, -0.25) is 4.98 Å². The van der Waals surface area contributed by atoms with Gasteiger partial charge in [0, 0.05) is 19.2 Å². The summed E-state index contributed by atoms with van der Waals surface area (Å²) in [6.07, 6.45) is 4.85. The van der Waals surface area contributed by atoms with Crippen LogP contribution in [0.1, 0.15) is 37.9 Å². The predicted molar refractivity (Wildman–Crippen MR) is 68.8 cm³/mol. The van der Waals surface area contributed by atoms with E-state index in [0.29, 0.717) is 0 Å². The second-order valence-corrected chi connectivity index (χ2v) is 4.83. The zero-order valence-corrected chi connectivity index (χ0v) is 10.9. The summed E-state index contributed by atoms with van der Waals surface area (Å²) in [5, 5.41) is 3.39. The van der Waals surface area contributed by atoms with Crippen molar-refractivity contribution in [1.29, 1.82) is 0 Å². The van der Waals surface area contributed by atoms with Gasteiger partial charge in [-0.2, -0.15) is 0 Å².